The summed E-state index contributed by atoms with van der Waals surface area (Å²) < 4.78 is 5.43. The van der Waals surface area contributed by atoms with Crippen LogP contribution < -0.4 is 0 Å². The van der Waals surface area contributed by atoms with Crippen LogP contribution in [0.3, 0.4) is 0 Å². The molecule has 0 radical (unpaired) electrons. The maximum Gasteiger partial charge on any atom is 0.0818 e. The van der Waals surface area contributed by atoms with Gasteiger partial charge in [-0.05, 0) is 41.4 Å². The molecule has 18 heavy (non-hydrogen) atoms. The topological polar surface area (TPSA) is 29.5 Å². The van der Waals surface area contributed by atoms with Crippen LogP contribution in [0.1, 0.15) is 55.4 Å². The van der Waals surface area contributed by atoms with Gasteiger partial charge in [-0.15, -0.1) is 0 Å². The van der Waals surface area contributed by atoms with Crippen LogP contribution in [0.15, 0.2) is 18.2 Å². The molecule has 2 heteroatoms. The first-order chi connectivity index (χ1) is 8.74. The molecule has 1 aliphatic heterocycles. The van der Waals surface area contributed by atoms with Crippen molar-refractivity contribution in [2.75, 3.05) is 0 Å². The second-order valence-corrected chi connectivity index (χ2v) is 5.99. The number of hydrogen-bond donors (Lipinski definition) is 1. The van der Waals surface area contributed by atoms with Crippen molar-refractivity contribution >= 4 is 0 Å². The van der Waals surface area contributed by atoms with Crippen LogP contribution in [0, 0.1) is 11.8 Å². The SMILES string of the molecule is CC1CCC(C(O)c2ccc3c(c2)COC3)CC1. The Morgan fingerprint density at radius 2 is 1.83 bits per heavy atom. The minimum Gasteiger partial charge on any atom is -0.388 e. The van der Waals surface area contributed by atoms with Gasteiger partial charge in [0.2, 0.25) is 0 Å². The number of ether oxygens (including phenoxy) is 1. The zero-order valence-electron chi connectivity index (χ0n) is 11.1. The Morgan fingerprint density at radius 1 is 1.11 bits per heavy atom. The fourth-order valence-electron chi connectivity index (χ4n) is 3.25. The second-order valence-electron chi connectivity index (χ2n) is 5.99. The van der Waals surface area contributed by atoms with Gasteiger partial charge in [-0.1, -0.05) is 38.0 Å². The third-order valence-electron chi connectivity index (χ3n) is 4.59. The molecule has 0 saturated heterocycles. The van der Waals surface area contributed by atoms with Crippen LogP contribution in [-0.4, -0.2) is 5.11 Å². The van der Waals surface area contributed by atoms with Gasteiger partial charge in [0.05, 0.1) is 19.3 Å². The molecule has 98 valence electrons. The highest BCUT2D eigenvalue weighted by molar-refractivity contribution is 5.34. The Morgan fingerprint density at radius 3 is 2.61 bits per heavy atom. The summed E-state index contributed by atoms with van der Waals surface area (Å²) in [5.74, 6) is 1.28. The summed E-state index contributed by atoms with van der Waals surface area (Å²) in [6.07, 6.45) is 4.56. The summed E-state index contributed by atoms with van der Waals surface area (Å²) >= 11 is 0. The van der Waals surface area contributed by atoms with E-state index in [2.05, 4.69) is 25.1 Å². The number of fused-ring (bicyclic) bond motifs is 1. The van der Waals surface area contributed by atoms with Gasteiger partial charge in [0, 0.05) is 0 Å². The maximum absolute atomic E-state index is 10.5. The van der Waals surface area contributed by atoms with Crippen molar-refractivity contribution < 1.29 is 9.84 Å². The van der Waals surface area contributed by atoms with Crippen molar-refractivity contribution in [2.24, 2.45) is 11.8 Å². The van der Waals surface area contributed by atoms with E-state index in [1.165, 1.54) is 24.0 Å². The van der Waals surface area contributed by atoms with E-state index in [4.69, 9.17) is 4.74 Å². The predicted octanol–water partition coefficient (Wildman–Crippen LogP) is 3.58. The summed E-state index contributed by atoms with van der Waals surface area (Å²) in [4.78, 5) is 0. The minimum absolute atomic E-state index is 0.289. The molecular formula is C16H22O2. The molecule has 0 bridgehead atoms. The van der Waals surface area contributed by atoms with Gasteiger partial charge >= 0.3 is 0 Å². The van der Waals surface area contributed by atoms with E-state index < -0.39 is 0 Å². The number of aliphatic hydroxyl groups excluding tert-OH is 1. The van der Waals surface area contributed by atoms with Crippen LogP contribution in [0.2, 0.25) is 0 Å². The van der Waals surface area contributed by atoms with Crippen molar-refractivity contribution in [1.29, 1.82) is 0 Å². The zero-order valence-corrected chi connectivity index (χ0v) is 11.1. The van der Waals surface area contributed by atoms with Crippen LogP contribution in [0.5, 0.6) is 0 Å². The van der Waals surface area contributed by atoms with Gasteiger partial charge in [0.1, 0.15) is 0 Å². The molecule has 1 aromatic rings. The van der Waals surface area contributed by atoms with E-state index in [-0.39, 0.29) is 6.10 Å². The first-order valence-corrected chi connectivity index (χ1v) is 7.11. The number of benzene rings is 1. The molecule has 1 atom stereocenters. The summed E-state index contributed by atoms with van der Waals surface area (Å²) in [5, 5.41) is 10.5. The lowest BCUT2D eigenvalue weighted by molar-refractivity contribution is 0.0754. The molecule has 1 saturated carbocycles. The number of hydrogen-bond acceptors (Lipinski definition) is 2. The molecule has 1 N–H and O–H groups in total. The Labute approximate surface area is 109 Å². The highest BCUT2D eigenvalue weighted by Gasteiger charge is 2.26. The van der Waals surface area contributed by atoms with Crippen molar-refractivity contribution in [1.82, 2.24) is 0 Å². The first kappa shape index (κ1) is 12.2. The number of rotatable bonds is 2. The summed E-state index contributed by atoms with van der Waals surface area (Å²) in [5.41, 5.74) is 3.62. The third kappa shape index (κ3) is 2.32. The molecule has 1 heterocycles. The molecule has 2 aliphatic rings. The molecule has 0 spiro atoms. The van der Waals surface area contributed by atoms with Gasteiger partial charge in [0.15, 0.2) is 0 Å². The van der Waals surface area contributed by atoms with Gasteiger partial charge in [-0.2, -0.15) is 0 Å². The van der Waals surface area contributed by atoms with E-state index in [1.54, 1.807) is 0 Å². The summed E-state index contributed by atoms with van der Waals surface area (Å²) in [6, 6.07) is 6.34. The first-order valence-electron chi connectivity index (χ1n) is 7.11. The quantitative estimate of drug-likeness (QED) is 0.864. The molecule has 1 fully saturated rings. The van der Waals surface area contributed by atoms with Gasteiger partial charge < -0.3 is 9.84 Å². The Kier molecular flexibility index (Phi) is 3.40. The minimum atomic E-state index is -0.289. The smallest absolute Gasteiger partial charge is 0.0818 e. The lowest BCUT2D eigenvalue weighted by Gasteiger charge is -2.30. The fraction of sp³-hybridized carbons (Fsp3) is 0.625. The van der Waals surface area contributed by atoms with Crippen molar-refractivity contribution in [3.63, 3.8) is 0 Å². The molecule has 0 amide bonds. The molecule has 3 rings (SSSR count). The lowest BCUT2D eigenvalue weighted by atomic mass is 9.78. The van der Waals surface area contributed by atoms with Crippen LogP contribution >= 0.6 is 0 Å². The van der Waals surface area contributed by atoms with Crippen LogP contribution in [0.25, 0.3) is 0 Å². The third-order valence-corrected chi connectivity index (χ3v) is 4.59. The largest absolute Gasteiger partial charge is 0.388 e. The zero-order chi connectivity index (χ0) is 12.5. The van der Waals surface area contributed by atoms with Gasteiger partial charge in [-0.3, -0.25) is 0 Å². The second kappa shape index (κ2) is 5.02. The Hall–Kier alpha value is -0.860. The number of aliphatic hydroxyl groups is 1. The van der Waals surface area contributed by atoms with Crippen molar-refractivity contribution in [2.45, 2.75) is 51.9 Å². The molecular weight excluding hydrogens is 224 g/mol. The average molecular weight is 246 g/mol. The molecule has 0 aromatic heterocycles. The van der Waals surface area contributed by atoms with E-state index in [0.717, 1.165) is 30.9 Å². The highest BCUT2D eigenvalue weighted by atomic mass is 16.5. The van der Waals surface area contributed by atoms with Crippen LogP contribution in [0.4, 0.5) is 0 Å². The van der Waals surface area contributed by atoms with Gasteiger partial charge in [-0.25, -0.2) is 0 Å². The Bertz CT molecular complexity index is 419. The van der Waals surface area contributed by atoms with Gasteiger partial charge in [0.25, 0.3) is 0 Å². The van der Waals surface area contributed by atoms with Crippen molar-refractivity contribution in [3.8, 4) is 0 Å². The molecule has 1 aliphatic carbocycles. The maximum atomic E-state index is 10.5. The van der Waals surface area contributed by atoms with Crippen molar-refractivity contribution in [3.05, 3.63) is 34.9 Å². The van der Waals surface area contributed by atoms with E-state index in [0.29, 0.717) is 12.5 Å². The van der Waals surface area contributed by atoms with E-state index in [9.17, 15) is 5.11 Å². The molecule has 1 unspecified atom stereocenters. The molecule has 1 aromatic carbocycles. The summed E-state index contributed by atoms with van der Waals surface area (Å²) in [7, 11) is 0. The normalized spacial score (nSPS) is 29.0. The van der Waals surface area contributed by atoms with E-state index in [1.807, 2.05) is 0 Å². The highest BCUT2D eigenvalue weighted by Crippen LogP contribution is 2.37. The predicted molar refractivity (Wildman–Crippen MR) is 71.0 cm³/mol. The monoisotopic (exact) mass is 246 g/mol. The van der Waals surface area contributed by atoms with Crippen LogP contribution in [-0.2, 0) is 18.0 Å². The Balaban J connectivity index is 1.74. The average Bonchev–Trinajstić information content (AvgIpc) is 2.86. The lowest BCUT2D eigenvalue weighted by Crippen LogP contribution is -2.19. The summed E-state index contributed by atoms with van der Waals surface area (Å²) in [6.45, 7) is 3.75. The van der Waals surface area contributed by atoms with E-state index >= 15 is 0 Å². The molecule has 2 nitrogen and oxygen atoms in total. The standard InChI is InChI=1S/C16H22O2/c1-11-2-4-12(5-3-11)16(17)13-6-7-14-9-18-10-15(14)8-13/h6-8,11-12,16-17H,2-5,9-10H2,1H3. The fourth-order valence-corrected chi connectivity index (χ4v) is 3.25.